The van der Waals surface area contributed by atoms with Crippen molar-refractivity contribution in [2.24, 2.45) is 5.92 Å². The molecule has 0 aromatic heterocycles. The fourth-order valence-electron chi connectivity index (χ4n) is 2.43. The molecular weight excluding hydrogens is 274 g/mol. The van der Waals surface area contributed by atoms with Gasteiger partial charge in [0.25, 0.3) is 0 Å². The lowest BCUT2D eigenvalue weighted by Gasteiger charge is -2.19. The van der Waals surface area contributed by atoms with E-state index < -0.39 is 10.0 Å². The molecule has 1 aromatic rings. The molecule has 0 spiro atoms. The molecule has 1 saturated heterocycles. The maximum absolute atomic E-state index is 12.8. The number of ether oxygens (including phenoxy) is 1. The summed E-state index contributed by atoms with van der Waals surface area (Å²) in [7, 11) is -2.00. The van der Waals surface area contributed by atoms with Gasteiger partial charge < -0.3 is 4.74 Å². The van der Waals surface area contributed by atoms with Crippen LogP contribution in [0, 0.1) is 19.8 Å². The molecule has 1 fully saturated rings. The third-order valence-corrected chi connectivity index (χ3v) is 5.80. The van der Waals surface area contributed by atoms with E-state index >= 15 is 0 Å². The Morgan fingerprint density at radius 2 is 2.00 bits per heavy atom. The number of rotatable bonds is 4. The first kappa shape index (κ1) is 15.1. The summed E-state index contributed by atoms with van der Waals surface area (Å²) in [5.41, 5.74) is 1.97. The lowest BCUT2D eigenvalue weighted by atomic mass is 10.1. The van der Waals surface area contributed by atoms with Gasteiger partial charge in [-0.15, -0.1) is 6.58 Å². The first-order valence-corrected chi connectivity index (χ1v) is 8.12. The zero-order valence-corrected chi connectivity index (χ0v) is 13.0. The number of benzene rings is 1. The summed E-state index contributed by atoms with van der Waals surface area (Å²) in [5.74, 6) is 0.650. The van der Waals surface area contributed by atoms with Crippen LogP contribution in [-0.4, -0.2) is 32.9 Å². The van der Waals surface area contributed by atoms with Crippen LogP contribution in [0.5, 0.6) is 5.75 Å². The van der Waals surface area contributed by atoms with Crippen LogP contribution >= 0.6 is 0 Å². The smallest absolute Gasteiger partial charge is 0.246 e. The molecule has 4 nitrogen and oxygen atoms in total. The van der Waals surface area contributed by atoms with Crippen molar-refractivity contribution in [3.8, 4) is 5.75 Å². The lowest BCUT2D eigenvalue weighted by molar-refractivity contribution is 0.397. The van der Waals surface area contributed by atoms with E-state index in [9.17, 15) is 8.42 Å². The minimum atomic E-state index is -3.50. The number of hydrogen-bond acceptors (Lipinski definition) is 3. The van der Waals surface area contributed by atoms with Crippen LogP contribution in [0.2, 0.25) is 0 Å². The molecule has 20 heavy (non-hydrogen) atoms. The summed E-state index contributed by atoms with van der Waals surface area (Å²) in [6.45, 7) is 8.63. The van der Waals surface area contributed by atoms with E-state index in [0.717, 1.165) is 17.5 Å². The summed E-state index contributed by atoms with van der Waals surface area (Å²) in [5, 5.41) is 0. The van der Waals surface area contributed by atoms with Gasteiger partial charge in [-0.2, -0.15) is 4.31 Å². The molecule has 110 valence electrons. The van der Waals surface area contributed by atoms with Crippen molar-refractivity contribution in [3.63, 3.8) is 0 Å². The van der Waals surface area contributed by atoms with Crippen LogP contribution in [0.25, 0.3) is 0 Å². The Bertz CT molecular complexity index is 622. The average Bonchev–Trinajstić information content (AvgIpc) is 2.90. The Labute approximate surface area is 121 Å². The quantitative estimate of drug-likeness (QED) is 0.802. The van der Waals surface area contributed by atoms with Gasteiger partial charge in [0.15, 0.2) is 0 Å². The molecular formula is C15H21NO3S. The second-order valence-corrected chi connectivity index (χ2v) is 7.14. The summed E-state index contributed by atoms with van der Waals surface area (Å²) in [6, 6.07) is 3.48. The van der Waals surface area contributed by atoms with Gasteiger partial charge in [-0.1, -0.05) is 6.08 Å². The van der Waals surface area contributed by atoms with Crippen LogP contribution < -0.4 is 4.74 Å². The van der Waals surface area contributed by atoms with Crippen molar-refractivity contribution in [3.05, 3.63) is 35.9 Å². The molecule has 0 amide bonds. The highest BCUT2D eigenvalue weighted by Gasteiger charge is 2.33. The number of aryl methyl sites for hydroxylation is 2. The highest BCUT2D eigenvalue weighted by atomic mass is 32.2. The highest BCUT2D eigenvalue weighted by molar-refractivity contribution is 7.89. The number of sulfonamides is 1. The van der Waals surface area contributed by atoms with E-state index in [2.05, 4.69) is 6.58 Å². The summed E-state index contributed by atoms with van der Waals surface area (Å²) < 4.78 is 32.3. The highest BCUT2D eigenvalue weighted by Crippen LogP contribution is 2.32. The fraction of sp³-hybridized carbons (Fsp3) is 0.467. The predicted molar refractivity (Wildman–Crippen MR) is 79.5 cm³/mol. The van der Waals surface area contributed by atoms with Crippen molar-refractivity contribution in [1.82, 2.24) is 4.31 Å². The molecule has 0 aliphatic carbocycles. The normalized spacial score (nSPS) is 20.1. The van der Waals surface area contributed by atoms with Gasteiger partial charge in [-0.3, -0.25) is 0 Å². The van der Waals surface area contributed by atoms with Gasteiger partial charge >= 0.3 is 0 Å². The van der Waals surface area contributed by atoms with E-state index in [4.69, 9.17) is 4.74 Å². The molecule has 1 heterocycles. The average molecular weight is 295 g/mol. The van der Waals surface area contributed by atoms with Crippen LogP contribution in [0.3, 0.4) is 0 Å². The second kappa shape index (κ2) is 5.58. The summed E-state index contributed by atoms with van der Waals surface area (Å²) in [6.07, 6.45) is 2.66. The van der Waals surface area contributed by atoms with E-state index in [-0.39, 0.29) is 10.8 Å². The van der Waals surface area contributed by atoms with Crippen LogP contribution in [-0.2, 0) is 10.0 Å². The first-order chi connectivity index (χ1) is 9.40. The summed E-state index contributed by atoms with van der Waals surface area (Å²) in [4.78, 5) is 0.257. The Morgan fingerprint density at radius 1 is 1.35 bits per heavy atom. The zero-order valence-electron chi connectivity index (χ0n) is 12.2. The van der Waals surface area contributed by atoms with Crippen molar-refractivity contribution >= 4 is 10.0 Å². The summed E-state index contributed by atoms with van der Waals surface area (Å²) >= 11 is 0. The maximum atomic E-state index is 12.8. The van der Waals surface area contributed by atoms with Gasteiger partial charge in [-0.05, 0) is 49.4 Å². The molecule has 5 heteroatoms. The third kappa shape index (κ3) is 2.60. The van der Waals surface area contributed by atoms with Gasteiger partial charge in [0.1, 0.15) is 10.6 Å². The van der Waals surface area contributed by atoms with Crippen molar-refractivity contribution < 1.29 is 13.2 Å². The van der Waals surface area contributed by atoms with Gasteiger partial charge in [-0.25, -0.2) is 8.42 Å². The molecule has 1 unspecified atom stereocenters. The maximum Gasteiger partial charge on any atom is 0.246 e. The molecule has 0 N–H and O–H groups in total. The van der Waals surface area contributed by atoms with Gasteiger partial charge in [0.2, 0.25) is 10.0 Å². The van der Waals surface area contributed by atoms with E-state index in [0.29, 0.717) is 18.8 Å². The van der Waals surface area contributed by atoms with E-state index in [1.807, 2.05) is 19.9 Å². The SMILES string of the molecule is C=CC1CCN(S(=O)(=O)c2cc(C)c(C)cc2OC)C1. The third-order valence-electron chi connectivity index (χ3n) is 3.92. The molecule has 0 saturated carbocycles. The Hall–Kier alpha value is -1.33. The van der Waals surface area contributed by atoms with E-state index in [1.54, 1.807) is 12.1 Å². The van der Waals surface area contributed by atoms with Gasteiger partial charge in [0.05, 0.1) is 7.11 Å². The number of methoxy groups -OCH3 is 1. The molecule has 0 radical (unpaired) electrons. The minimum Gasteiger partial charge on any atom is -0.495 e. The van der Waals surface area contributed by atoms with Crippen molar-refractivity contribution in [2.45, 2.75) is 25.2 Å². The van der Waals surface area contributed by atoms with E-state index in [1.165, 1.54) is 11.4 Å². The van der Waals surface area contributed by atoms with Gasteiger partial charge in [0, 0.05) is 13.1 Å². The second-order valence-electron chi connectivity index (χ2n) is 5.23. The largest absolute Gasteiger partial charge is 0.495 e. The molecule has 1 aliphatic heterocycles. The molecule has 1 aliphatic rings. The van der Waals surface area contributed by atoms with Crippen LogP contribution in [0.4, 0.5) is 0 Å². The van der Waals surface area contributed by atoms with Crippen LogP contribution in [0.1, 0.15) is 17.5 Å². The Balaban J connectivity index is 2.44. The molecule has 1 atom stereocenters. The lowest BCUT2D eigenvalue weighted by Crippen LogP contribution is -2.29. The Kier molecular flexibility index (Phi) is 4.20. The zero-order chi connectivity index (χ0) is 14.9. The topological polar surface area (TPSA) is 46.6 Å². The van der Waals surface area contributed by atoms with Crippen molar-refractivity contribution in [2.75, 3.05) is 20.2 Å². The number of hydrogen-bond donors (Lipinski definition) is 0. The standard InChI is InChI=1S/C15H21NO3S/c1-5-13-6-7-16(10-13)20(17,18)15-9-12(3)11(2)8-14(15)19-4/h5,8-9,13H,1,6-7,10H2,2-4H3. The monoisotopic (exact) mass is 295 g/mol. The first-order valence-electron chi connectivity index (χ1n) is 6.68. The van der Waals surface area contributed by atoms with Crippen molar-refractivity contribution in [1.29, 1.82) is 0 Å². The van der Waals surface area contributed by atoms with Crippen LogP contribution in [0.15, 0.2) is 29.7 Å². The molecule has 0 bridgehead atoms. The number of nitrogens with zero attached hydrogens (tertiary/aromatic N) is 1. The minimum absolute atomic E-state index is 0.238. The fourth-order valence-corrected chi connectivity index (χ4v) is 4.16. The Morgan fingerprint density at radius 3 is 2.55 bits per heavy atom. The molecule has 2 rings (SSSR count). The molecule has 1 aromatic carbocycles. The predicted octanol–water partition coefficient (Wildman–Crippen LogP) is 2.51.